The van der Waals surface area contributed by atoms with Crippen LogP contribution in [0.1, 0.15) is 24.7 Å². The summed E-state index contributed by atoms with van der Waals surface area (Å²) in [6.07, 6.45) is 1.70. The summed E-state index contributed by atoms with van der Waals surface area (Å²) in [6.45, 7) is 4.99. The number of hydrogen-bond donors (Lipinski definition) is 2. The molecule has 1 amide bonds. The van der Waals surface area contributed by atoms with Gasteiger partial charge in [-0.2, -0.15) is 0 Å². The second-order valence-electron chi connectivity index (χ2n) is 4.35. The fourth-order valence-electron chi connectivity index (χ4n) is 1.56. The highest BCUT2D eigenvalue weighted by Gasteiger charge is 2.10. The number of methoxy groups -OCH3 is 1. The van der Waals surface area contributed by atoms with Crippen molar-refractivity contribution in [3.63, 3.8) is 0 Å². The van der Waals surface area contributed by atoms with Gasteiger partial charge in [0.15, 0.2) is 0 Å². The lowest BCUT2D eigenvalue weighted by atomic mass is 10.3. The van der Waals surface area contributed by atoms with Gasteiger partial charge in [-0.15, -0.1) is 0 Å². The lowest BCUT2D eigenvalue weighted by molar-refractivity contribution is -0.119. The molecule has 1 aromatic rings. The van der Waals surface area contributed by atoms with Crippen molar-refractivity contribution >= 4 is 23.3 Å². The molecule has 1 heterocycles. The molecule has 0 atom stereocenters. The monoisotopic (exact) mass is 300 g/mol. The van der Waals surface area contributed by atoms with Gasteiger partial charge in [0, 0.05) is 25.6 Å². The molecule has 20 heavy (non-hydrogen) atoms. The number of halogens is 1. The number of amides is 1. The number of hydrogen-bond acceptors (Lipinski definition) is 5. The summed E-state index contributed by atoms with van der Waals surface area (Å²) in [4.78, 5) is 20.2. The lowest BCUT2D eigenvalue weighted by Crippen LogP contribution is -2.32. The second kappa shape index (κ2) is 8.71. The predicted octanol–water partition coefficient (Wildman–Crippen LogP) is 1.57. The molecule has 112 valence electrons. The van der Waals surface area contributed by atoms with Gasteiger partial charge in [-0.1, -0.05) is 18.5 Å². The fraction of sp³-hybridized carbons (Fsp3) is 0.615. The normalized spacial score (nSPS) is 10.4. The molecule has 0 saturated heterocycles. The van der Waals surface area contributed by atoms with Gasteiger partial charge in [-0.3, -0.25) is 4.79 Å². The molecule has 0 aromatic carbocycles. The van der Waals surface area contributed by atoms with Crippen LogP contribution in [0.15, 0.2) is 0 Å². The molecule has 2 N–H and O–H groups in total. The van der Waals surface area contributed by atoms with E-state index in [2.05, 4.69) is 20.6 Å². The SMILES string of the molecule is CCCc1nc(Cl)c(C)c(NCC(=O)NCCOC)n1. The van der Waals surface area contributed by atoms with Crippen LogP contribution in [-0.4, -0.2) is 42.7 Å². The van der Waals surface area contributed by atoms with Crippen LogP contribution in [0.4, 0.5) is 5.82 Å². The van der Waals surface area contributed by atoms with E-state index in [-0.39, 0.29) is 12.5 Å². The first-order valence-electron chi connectivity index (χ1n) is 6.61. The van der Waals surface area contributed by atoms with Crippen LogP contribution in [0.2, 0.25) is 5.15 Å². The topological polar surface area (TPSA) is 76.1 Å². The summed E-state index contributed by atoms with van der Waals surface area (Å²) in [7, 11) is 1.59. The predicted molar refractivity (Wildman–Crippen MR) is 79.1 cm³/mol. The summed E-state index contributed by atoms with van der Waals surface area (Å²) in [5.41, 5.74) is 0.746. The fourth-order valence-corrected chi connectivity index (χ4v) is 1.75. The van der Waals surface area contributed by atoms with E-state index in [9.17, 15) is 4.79 Å². The molecule has 6 nitrogen and oxygen atoms in total. The van der Waals surface area contributed by atoms with Crippen molar-refractivity contribution in [1.29, 1.82) is 0 Å². The van der Waals surface area contributed by atoms with Crippen LogP contribution in [0.5, 0.6) is 0 Å². The standard InChI is InChI=1S/C13H21ClN4O2/c1-4-5-10-17-12(14)9(2)13(18-10)16-8-11(19)15-6-7-20-3/h4-8H2,1-3H3,(H,15,19)(H,16,17,18). The van der Waals surface area contributed by atoms with E-state index < -0.39 is 0 Å². The Bertz CT molecular complexity index is 454. The molecule has 0 aliphatic heterocycles. The van der Waals surface area contributed by atoms with E-state index in [0.717, 1.165) is 18.4 Å². The van der Waals surface area contributed by atoms with Crippen molar-refractivity contribution in [2.75, 3.05) is 32.1 Å². The van der Waals surface area contributed by atoms with Gasteiger partial charge in [0.05, 0.1) is 13.2 Å². The zero-order valence-electron chi connectivity index (χ0n) is 12.1. The van der Waals surface area contributed by atoms with E-state index in [1.54, 1.807) is 7.11 Å². The van der Waals surface area contributed by atoms with Crippen LogP contribution < -0.4 is 10.6 Å². The maximum absolute atomic E-state index is 11.6. The molecular weight excluding hydrogens is 280 g/mol. The minimum Gasteiger partial charge on any atom is -0.383 e. The Morgan fingerprint density at radius 2 is 2.15 bits per heavy atom. The van der Waals surface area contributed by atoms with Gasteiger partial charge >= 0.3 is 0 Å². The average molecular weight is 301 g/mol. The molecule has 0 bridgehead atoms. The summed E-state index contributed by atoms with van der Waals surface area (Å²) in [5, 5.41) is 6.14. The van der Waals surface area contributed by atoms with Gasteiger partial charge in [0.2, 0.25) is 5.91 Å². The highest BCUT2D eigenvalue weighted by atomic mass is 35.5. The van der Waals surface area contributed by atoms with Crippen molar-refractivity contribution in [3.05, 3.63) is 16.5 Å². The van der Waals surface area contributed by atoms with Crippen molar-refractivity contribution in [2.45, 2.75) is 26.7 Å². The second-order valence-corrected chi connectivity index (χ2v) is 4.71. The first-order chi connectivity index (χ1) is 9.58. The Morgan fingerprint density at radius 3 is 2.80 bits per heavy atom. The van der Waals surface area contributed by atoms with Gasteiger partial charge in [-0.05, 0) is 13.3 Å². The van der Waals surface area contributed by atoms with Crippen LogP contribution in [0, 0.1) is 6.92 Å². The number of aryl methyl sites for hydroxylation is 1. The zero-order chi connectivity index (χ0) is 15.0. The molecular formula is C13H21ClN4O2. The first kappa shape index (κ1) is 16.7. The van der Waals surface area contributed by atoms with Crippen LogP contribution in [0.25, 0.3) is 0 Å². The van der Waals surface area contributed by atoms with Crippen molar-refractivity contribution in [1.82, 2.24) is 15.3 Å². The Kier molecular flexibility index (Phi) is 7.25. The van der Waals surface area contributed by atoms with Crippen molar-refractivity contribution in [2.24, 2.45) is 0 Å². The summed E-state index contributed by atoms with van der Waals surface area (Å²) >= 11 is 6.06. The van der Waals surface area contributed by atoms with E-state index in [4.69, 9.17) is 16.3 Å². The van der Waals surface area contributed by atoms with Crippen molar-refractivity contribution in [3.8, 4) is 0 Å². The molecule has 1 aromatic heterocycles. The molecule has 0 aliphatic rings. The summed E-state index contributed by atoms with van der Waals surface area (Å²) in [5.74, 6) is 1.17. The number of anilines is 1. The average Bonchev–Trinajstić information content (AvgIpc) is 2.41. The Hall–Kier alpha value is -1.40. The highest BCUT2D eigenvalue weighted by Crippen LogP contribution is 2.20. The van der Waals surface area contributed by atoms with Crippen LogP contribution >= 0.6 is 11.6 Å². The van der Waals surface area contributed by atoms with Crippen LogP contribution in [0.3, 0.4) is 0 Å². The third-order valence-electron chi connectivity index (χ3n) is 2.65. The van der Waals surface area contributed by atoms with E-state index in [1.165, 1.54) is 0 Å². The Labute approximate surface area is 124 Å². The number of ether oxygens (including phenoxy) is 1. The lowest BCUT2D eigenvalue weighted by Gasteiger charge is -2.11. The smallest absolute Gasteiger partial charge is 0.239 e. The van der Waals surface area contributed by atoms with E-state index in [0.29, 0.717) is 29.9 Å². The molecule has 0 fully saturated rings. The number of aromatic nitrogens is 2. The van der Waals surface area contributed by atoms with E-state index >= 15 is 0 Å². The minimum absolute atomic E-state index is 0.117. The van der Waals surface area contributed by atoms with Gasteiger partial charge in [-0.25, -0.2) is 9.97 Å². The molecule has 0 unspecified atom stereocenters. The molecule has 0 spiro atoms. The molecule has 1 rings (SSSR count). The van der Waals surface area contributed by atoms with Crippen LogP contribution in [-0.2, 0) is 16.0 Å². The Morgan fingerprint density at radius 1 is 1.40 bits per heavy atom. The zero-order valence-corrected chi connectivity index (χ0v) is 12.9. The largest absolute Gasteiger partial charge is 0.383 e. The molecule has 0 saturated carbocycles. The number of carbonyl (C=O) groups excluding carboxylic acids is 1. The summed E-state index contributed by atoms with van der Waals surface area (Å²) in [6, 6.07) is 0. The molecule has 0 radical (unpaired) electrons. The molecule has 7 heteroatoms. The number of rotatable bonds is 8. The van der Waals surface area contributed by atoms with Gasteiger partial charge in [0.25, 0.3) is 0 Å². The van der Waals surface area contributed by atoms with Crippen molar-refractivity contribution < 1.29 is 9.53 Å². The number of nitrogens with zero attached hydrogens (tertiary/aromatic N) is 2. The highest BCUT2D eigenvalue weighted by molar-refractivity contribution is 6.30. The van der Waals surface area contributed by atoms with Gasteiger partial charge in [0.1, 0.15) is 16.8 Å². The first-order valence-corrected chi connectivity index (χ1v) is 6.98. The number of carbonyl (C=O) groups is 1. The maximum Gasteiger partial charge on any atom is 0.239 e. The van der Waals surface area contributed by atoms with E-state index in [1.807, 2.05) is 13.8 Å². The number of nitrogens with one attached hydrogen (secondary N) is 2. The van der Waals surface area contributed by atoms with Gasteiger partial charge < -0.3 is 15.4 Å². The minimum atomic E-state index is -0.117. The maximum atomic E-state index is 11.6. The third kappa shape index (κ3) is 5.30. The molecule has 0 aliphatic carbocycles. The Balaban J connectivity index is 2.60. The quantitative estimate of drug-likeness (QED) is 0.563. The summed E-state index contributed by atoms with van der Waals surface area (Å²) < 4.78 is 4.86. The third-order valence-corrected chi connectivity index (χ3v) is 3.02.